The van der Waals surface area contributed by atoms with Crippen molar-refractivity contribution in [2.75, 3.05) is 56.1 Å². The van der Waals surface area contributed by atoms with Crippen LogP contribution in [0, 0.1) is 5.82 Å². The van der Waals surface area contributed by atoms with E-state index in [4.69, 9.17) is 11.6 Å². The lowest BCUT2D eigenvalue weighted by atomic mass is 9.96. The quantitative estimate of drug-likeness (QED) is 0.0730. The molecular formula is C44H46ClF4N7O5S3. The van der Waals surface area contributed by atoms with Crippen LogP contribution in [-0.4, -0.2) is 111 Å². The normalized spacial score (nSPS) is 15.9. The molecule has 5 aromatic rings. The van der Waals surface area contributed by atoms with Crippen LogP contribution in [0.4, 0.5) is 29.1 Å². The van der Waals surface area contributed by atoms with Crippen LogP contribution < -0.4 is 10.0 Å². The molecular weight excluding hydrogens is 914 g/mol. The number of rotatable bonds is 16. The second kappa shape index (κ2) is 19.8. The van der Waals surface area contributed by atoms with Crippen LogP contribution in [0.2, 0.25) is 5.02 Å². The summed E-state index contributed by atoms with van der Waals surface area (Å²) in [6.07, 6.45) is 2.85. The summed E-state index contributed by atoms with van der Waals surface area (Å²) in [5.41, 5.74) is -3.34. The highest BCUT2D eigenvalue weighted by Crippen LogP contribution is 2.38. The van der Waals surface area contributed by atoms with Gasteiger partial charge in [0, 0.05) is 59.5 Å². The number of carbonyl (C=O) groups is 1. The minimum Gasteiger partial charge on any atom is -0.380 e. The molecule has 20 heteroatoms. The minimum absolute atomic E-state index is 0.0224. The van der Waals surface area contributed by atoms with Crippen LogP contribution in [0.3, 0.4) is 0 Å². The molecule has 12 nitrogen and oxygen atoms in total. The summed E-state index contributed by atoms with van der Waals surface area (Å²) < 4.78 is 113. The number of anilines is 2. The van der Waals surface area contributed by atoms with E-state index >= 15 is 0 Å². The first-order valence-corrected chi connectivity index (χ1v) is 24.7. The van der Waals surface area contributed by atoms with Crippen molar-refractivity contribution in [2.24, 2.45) is 0 Å². The van der Waals surface area contributed by atoms with Gasteiger partial charge in [-0.1, -0.05) is 48.0 Å². The number of hydrogen-bond acceptors (Lipinski definition) is 11. The highest BCUT2D eigenvalue weighted by Gasteiger charge is 2.48. The fourth-order valence-corrected chi connectivity index (χ4v) is 11.1. The van der Waals surface area contributed by atoms with Crippen LogP contribution in [0.25, 0.3) is 11.1 Å². The predicted molar refractivity (Wildman–Crippen MR) is 240 cm³/mol. The molecule has 0 radical (unpaired) electrons. The first-order valence-electron chi connectivity index (χ1n) is 20.4. The number of amides is 1. The Balaban J connectivity index is 1.06. The van der Waals surface area contributed by atoms with Crippen molar-refractivity contribution in [3.63, 3.8) is 0 Å². The van der Waals surface area contributed by atoms with Crippen LogP contribution in [0.5, 0.6) is 0 Å². The zero-order chi connectivity index (χ0) is 45.8. The Morgan fingerprint density at radius 3 is 2.33 bits per heavy atom. The maximum Gasteiger partial charge on any atom is 0.501 e. The summed E-state index contributed by atoms with van der Waals surface area (Å²) in [7, 11) is -7.16. The number of nitrogens with zero attached hydrogens (tertiary/aromatic N) is 5. The van der Waals surface area contributed by atoms with Gasteiger partial charge in [-0.25, -0.2) is 31.2 Å². The minimum atomic E-state index is -6.05. The topological polar surface area (TPSA) is 145 Å². The van der Waals surface area contributed by atoms with Gasteiger partial charge in [0.05, 0.1) is 10.6 Å². The van der Waals surface area contributed by atoms with Gasteiger partial charge in [-0.2, -0.15) is 13.2 Å². The maximum absolute atomic E-state index is 14.4. The summed E-state index contributed by atoms with van der Waals surface area (Å²) in [4.78, 5) is 26.9. The van der Waals surface area contributed by atoms with Crippen molar-refractivity contribution in [3.05, 3.63) is 125 Å². The van der Waals surface area contributed by atoms with Crippen LogP contribution in [-0.2, 0) is 32.8 Å². The number of nitrogens with one attached hydrogen (secondary N) is 2. The largest absolute Gasteiger partial charge is 0.501 e. The van der Waals surface area contributed by atoms with E-state index in [2.05, 4.69) is 24.9 Å². The molecule has 0 saturated carbocycles. The van der Waals surface area contributed by atoms with Gasteiger partial charge >= 0.3 is 5.51 Å². The lowest BCUT2D eigenvalue weighted by molar-refractivity contribution is -0.0435. The number of sulfonamides is 1. The zero-order valence-corrected chi connectivity index (χ0v) is 38.1. The van der Waals surface area contributed by atoms with Gasteiger partial charge in [-0.3, -0.25) is 14.4 Å². The molecule has 0 aliphatic carbocycles. The molecule has 1 aromatic heterocycles. The lowest BCUT2D eigenvalue weighted by Crippen LogP contribution is -2.50. The Kier molecular flexibility index (Phi) is 14.6. The Morgan fingerprint density at radius 2 is 1.64 bits per heavy atom. The summed E-state index contributed by atoms with van der Waals surface area (Å²) in [5.74, 6) is -0.658. The molecule has 0 spiro atoms. The summed E-state index contributed by atoms with van der Waals surface area (Å²) in [5, 5.41) is 3.55. The Labute approximate surface area is 379 Å². The van der Waals surface area contributed by atoms with Gasteiger partial charge in [-0.15, -0.1) is 11.8 Å². The van der Waals surface area contributed by atoms with E-state index in [1.165, 1.54) is 23.9 Å². The number of alkyl halides is 3. The van der Waals surface area contributed by atoms with Gasteiger partial charge in [0.1, 0.15) is 28.6 Å². The molecule has 2 N–H and O–H groups in total. The van der Waals surface area contributed by atoms with E-state index in [9.17, 15) is 39.2 Å². The molecule has 1 saturated heterocycles. The lowest BCUT2D eigenvalue weighted by Gasteiger charge is -2.40. The first kappa shape index (κ1) is 47.2. The number of carbonyl (C=O) groups excluding carboxylic acids is 1. The van der Waals surface area contributed by atoms with E-state index in [0.717, 1.165) is 40.0 Å². The molecule has 7 rings (SSSR count). The standard InChI is InChI=1S/C44H46ClF4N7O5S3/c1-54(2)20-16-33(27-62-35-6-4-3-5-7-35)52-39-15-13-36(25-40(39)63(58,59)44(47,48)49)64(60,61)53-42-38-19-23-56(43(57)41(38)50-28-51-42)34-17-21-55(22-18-34)26-30-24-32(46)12-14-37(30)29-8-10-31(45)11-9-29/h3-15,24-25,28,33-34,52H,16-23,26-27H2,1-2H3,(H,50,51,53)/t33-/m1/s1. The first-order chi connectivity index (χ1) is 30.4. The van der Waals surface area contributed by atoms with E-state index in [-0.39, 0.29) is 41.9 Å². The van der Waals surface area contributed by atoms with E-state index < -0.39 is 52.8 Å². The average Bonchev–Trinajstić information content (AvgIpc) is 3.25. The van der Waals surface area contributed by atoms with Crippen molar-refractivity contribution in [2.45, 2.75) is 64.5 Å². The van der Waals surface area contributed by atoms with Crippen molar-refractivity contribution in [3.8, 4) is 11.1 Å². The van der Waals surface area contributed by atoms with Crippen LogP contribution >= 0.6 is 23.4 Å². The summed E-state index contributed by atoms with van der Waals surface area (Å²) >= 11 is 7.52. The third-order valence-electron chi connectivity index (χ3n) is 11.2. The predicted octanol–water partition coefficient (Wildman–Crippen LogP) is 8.22. The summed E-state index contributed by atoms with van der Waals surface area (Å²) in [6.45, 7) is 2.48. The van der Waals surface area contributed by atoms with Crippen molar-refractivity contribution in [1.29, 1.82) is 0 Å². The van der Waals surface area contributed by atoms with Gasteiger partial charge in [0.15, 0.2) is 0 Å². The zero-order valence-electron chi connectivity index (χ0n) is 34.9. The van der Waals surface area contributed by atoms with Crippen molar-refractivity contribution < 1.29 is 39.2 Å². The molecule has 0 unspecified atom stereocenters. The smallest absolute Gasteiger partial charge is 0.380 e. The summed E-state index contributed by atoms with van der Waals surface area (Å²) in [6, 6.07) is 23.2. The van der Waals surface area contributed by atoms with Gasteiger partial charge in [0.25, 0.3) is 25.8 Å². The number of fused-ring (bicyclic) bond motifs is 1. The Hall–Kier alpha value is -4.79. The van der Waals surface area contributed by atoms with E-state index in [1.54, 1.807) is 23.1 Å². The number of hydrogen-bond donors (Lipinski definition) is 2. The van der Waals surface area contributed by atoms with Crippen molar-refractivity contribution >= 4 is 60.6 Å². The molecule has 2 aliphatic rings. The SMILES string of the molecule is CN(C)CC[C@H](CSc1ccccc1)Nc1ccc(S(=O)(=O)Nc2ncnc3c2CCN(C2CCN(Cc4cc(F)ccc4-c4ccc(Cl)cc4)CC2)C3=O)cc1S(=O)(=O)C(F)(F)F. The van der Waals surface area contributed by atoms with Crippen LogP contribution in [0.1, 0.15) is 40.9 Å². The number of halogens is 5. The Bertz CT molecular complexity index is 2690. The van der Waals surface area contributed by atoms with Gasteiger partial charge < -0.3 is 15.1 Å². The molecule has 2 aliphatic heterocycles. The Morgan fingerprint density at radius 1 is 0.922 bits per heavy atom. The third-order valence-corrected chi connectivity index (χ3v) is 15.5. The third kappa shape index (κ3) is 11.0. The highest BCUT2D eigenvalue weighted by atomic mass is 35.5. The molecule has 1 amide bonds. The molecule has 64 heavy (non-hydrogen) atoms. The maximum atomic E-state index is 14.4. The molecule has 4 aromatic carbocycles. The molecule has 1 atom stereocenters. The van der Waals surface area contributed by atoms with Crippen LogP contribution in [0.15, 0.2) is 112 Å². The second-order valence-electron chi connectivity index (χ2n) is 15.9. The number of piperidine rings is 1. The fourth-order valence-electron chi connectivity index (χ4n) is 7.84. The monoisotopic (exact) mass is 959 g/mol. The van der Waals surface area contributed by atoms with E-state index in [1.807, 2.05) is 61.5 Å². The number of aromatic nitrogens is 2. The number of sulfone groups is 1. The number of likely N-dealkylation sites (tertiary alicyclic amines) is 1. The average molecular weight is 961 g/mol. The molecule has 3 heterocycles. The number of benzene rings is 4. The highest BCUT2D eigenvalue weighted by molar-refractivity contribution is 7.99. The van der Waals surface area contributed by atoms with Gasteiger partial charge in [-0.05, 0) is 118 Å². The van der Waals surface area contributed by atoms with Gasteiger partial charge in [0.2, 0.25) is 0 Å². The van der Waals surface area contributed by atoms with E-state index in [0.29, 0.717) is 62.3 Å². The second-order valence-corrected chi connectivity index (χ2v) is 21.0. The molecule has 340 valence electrons. The number of thioether (sulfide) groups is 1. The molecule has 0 bridgehead atoms. The molecule has 1 fully saturated rings. The van der Waals surface area contributed by atoms with Crippen molar-refractivity contribution in [1.82, 2.24) is 24.7 Å². The fraction of sp³-hybridized carbons (Fsp3) is 0.341.